The molecule has 2 rings (SSSR count). The molecule has 0 aliphatic rings. The third-order valence-electron chi connectivity index (χ3n) is 3.13. The van der Waals surface area contributed by atoms with Gasteiger partial charge in [0.2, 0.25) is 0 Å². The van der Waals surface area contributed by atoms with Crippen molar-refractivity contribution in [3.05, 3.63) is 69.2 Å². The van der Waals surface area contributed by atoms with Crippen molar-refractivity contribution < 1.29 is 8.78 Å². The molecular weight excluding hydrogens is 312 g/mol. The second-order valence-electron chi connectivity index (χ2n) is 4.36. The fourth-order valence-electron chi connectivity index (χ4n) is 2.16. The third kappa shape index (κ3) is 2.85. The lowest BCUT2D eigenvalue weighted by atomic mass is 9.94. The summed E-state index contributed by atoms with van der Waals surface area (Å²) in [6.07, 6.45) is 0. The molecule has 0 fully saturated rings. The fourth-order valence-corrected chi connectivity index (χ4v) is 2.54. The predicted molar refractivity (Wildman–Crippen MR) is 76.1 cm³/mol. The Bertz CT molecular complexity index is 578. The first-order valence-corrected chi connectivity index (χ1v) is 6.71. The van der Waals surface area contributed by atoms with Crippen LogP contribution in [-0.4, -0.2) is 7.05 Å². The van der Waals surface area contributed by atoms with Crippen molar-refractivity contribution in [1.82, 2.24) is 5.32 Å². The van der Waals surface area contributed by atoms with Crippen LogP contribution >= 0.6 is 15.9 Å². The molecule has 0 heterocycles. The van der Waals surface area contributed by atoms with Crippen LogP contribution < -0.4 is 5.32 Å². The van der Waals surface area contributed by atoms with Crippen molar-refractivity contribution in [2.24, 2.45) is 0 Å². The molecule has 19 heavy (non-hydrogen) atoms. The first-order valence-electron chi connectivity index (χ1n) is 5.92. The molecule has 4 heteroatoms. The van der Waals surface area contributed by atoms with Crippen molar-refractivity contribution in [1.29, 1.82) is 0 Å². The minimum Gasteiger partial charge on any atom is -0.309 e. The number of benzene rings is 2. The molecule has 0 radical (unpaired) electrons. The molecular formula is C15H14BrF2N. The van der Waals surface area contributed by atoms with E-state index in [0.29, 0.717) is 0 Å². The highest BCUT2D eigenvalue weighted by molar-refractivity contribution is 9.10. The lowest BCUT2D eigenvalue weighted by Gasteiger charge is -2.20. The zero-order valence-corrected chi connectivity index (χ0v) is 12.3. The highest BCUT2D eigenvalue weighted by Crippen LogP contribution is 2.30. The van der Waals surface area contributed by atoms with Crippen LogP contribution in [0.4, 0.5) is 8.78 Å². The summed E-state index contributed by atoms with van der Waals surface area (Å²) in [6.45, 7) is 1.92. The Morgan fingerprint density at radius 3 is 2.32 bits per heavy atom. The molecule has 0 aliphatic heterocycles. The first kappa shape index (κ1) is 14.2. The molecule has 0 saturated heterocycles. The van der Waals surface area contributed by atoms with Gasteiger partial charge in [0.05, 0.1) is 6.04 Å². The van der Waals surface area contributed by atoms with Gasteiger partial charge < -0.3 is 5.32 Å². The maximum Gasteiger partial charge on any atom is 0.131 e. The number of hydrogen-bond acceptors (Lipinski definition) is 1. The topological polar surface area (TPSA) is 12.0 Å². The van der Waals surface area contributed by atoms with E-state index in [1.807, 2.05) is 25.1 Å². The number of rotatable bonds is 3. The lowest BCUT2D eigenvalue weighted by Crippen LogP contribution is -2.21. The maximum atomic E-state index is 13.9. The Balaban J connectivity index is 2.59. The Morgan fingerprint density at radius 1 is 1.11 bits per heavy atom. The second kappa shape index (κ2) is 5.80. The van der Waals surface area contributed by atoms with Crippen LogP contribution in [0.5, 0.6) is 0 Å². The number of aryl methyl sites for hydroxylation is 1. The smallest absolute Gasteiger partial charge is 0.131 e. The van der Waals surface area contributed by atoms with Gasteiger partial charge in [-0.1, -0.05) is 28.1 Å². The summed E-state index contributed by atoms with van der Waals surface area (Å²) >= 11 is 3.39. The Kier molecular flexibility index (Phi) is 4.32. The Hall–Kier alpha value is -1.26. The SMILES string of the molecule is CNC(c1cc(Br)ccc1C)c1c(F)cccc1F. The summed E-state index contributed by atoms with van der Waals surface area (Å²) in [6, 6.07) is 9.10. The van der Waals surface area contributed by atoms with Gasteiger partial charge in [0.15, 0.2) is 0 Å². The van der Waals surface area contributed by atoms with Crippen LogP contribution in [-0.2, 0) is 0 Å². The van der Waals surface area contributed by atoms with Gasteiger partial charge in [0, 0.05) is 10.0 Å². The van der Waals surface area contributed by atoms with E-state index >= 15 is 0 Å². The molecule has 2 aromatic rings. The minimum absolute atomic E-state index is 0.0474. The number of hydrogen-bond donors (Lipinski definition) is 1. The van der Waals surface area contributed by atoms with E-state index in [1.165, 1.54) is 18.2 Å². The molecule has 1 nitrogen and oxygen atoms in total. The van der Waals surface area contributed by atoms with Crippen molar-refractivity contribution in [2.45, 2.75) is 13.0 Å². The zero-order valence-electron chi connectivity index (χ0n) is 10.7. The highest BCUT2D eigenvalue weighted by Gasteiger charge is 2.21. The van der Waals surface area contributed by atoms with E-state index in [-0.39, 0.29) is 5.56 Å². The summed E-state index contributed by atoms with van der Waals surface area (Å²) in [4.78, 5) is 0. The van der Waals surface area contributed by atoms with Crippen molar-refractivity contribution >= 4 is 15.9 Å². The van der Waals surface area contributed by atoms with Gasteiger partial charge in [-0.05, 0) is 49.4 Å². The van der Waals surface area contributed by atoms with Crippen LogP contribution in [0.3, 0.4) is 0 Å². The molecule has 0 spiro atoms. The van der Waals surface area contributed by atoms with Crippen LogP contribution in [0.15, 0.2) is 40.9 Å². The summed E-state index contributed by atoms with van der Waals surface area (Å²) in [5, 5.41) is 2.98. The quantitative estimate of drug-likeness (QED) is 0.884. The summed E-state index contributed by atoms with van der Waals surface area (Å²) in [5.74, 6) is -1.09. The van der Waals surface area contributed by atoms with Crippen LogP contribution in [0, 0.1) is 18.6 Å². The second-order valence-corrected chi connectivity index (χ2v) is 5.27. The van der Waals surface area contributed by atoms with E-state index in [0.717, 1.165) is 15.6 Å². The van der Waals surface area contributed by atoms with E-state index < -0.39 is 17.7 Å². The maximum absolute atomic E-state index is 13.9. The van der Waals surface area contributed by atoms with Crippen molar-refractivity contribution in [3.8, 4) is 0 Å². The van der Waals surface area contributed by atoms with Gasteiger partial charge in [-0.15, -0.1) is 0 Å². The van der Waals surface area contributed by atoms with Gasteiger partial charge in [0.25, 0.3) is 0 Å². The van der Waals surface area contributed by atoms with Gasteiger partial charge >= 0.3 is 0 Å². The highest BCUT2D eigenvalue weighted by atomic mass is 79.9. The average Bonchev–Trinajstić information content (AvgIpc) is 2.37. The monoisotopic (exact) mass is 325 g/mol. The van der Waals surface area contributed by atoms with E-state index in [4.69, 9.17) is 0 Å². The third-order valence-corrected chi connectivity index (χ3v) is 3.62. The normalized spacial score (nSPS) is 12.5. The zero-order chi connectivity index (χ0) is 14.0. The lowest BCUT2D eigenvalue weighted by molar-refractivity contribution is 0.521. The summed E-state index contributed by atoms with van der Waals surface area (Å²) in [5.41, 5.74) is 1.87. The van der Waals surface area contributed by atoms with Gasteiger partial charge in [-0.2, -0.15) is 0 Å². The van der Waals surface area contributed by atoms with Crippen LogP contribution in [0.1, 0.15) is 22.7 Å². The van der Waals surface area contributed by atoms with E-state index in [1.54, 1.807) is 7.05 Å². The molecule has 2 aromatic carbocycles. The predicted octanol–water partition coefficient (Wildman–Crippen LogP) is 4.34. The summed E-state index contributed by atoms with van der Waals surface area (Å²) < 4.78 is 28.7. The van der Waals surface area contributed by atoms with Gasteiger partial charge in [0.1, 0.15) is 11.6 Å². The summed E-state index contributed by atoms with van der Waals surface area (Å²) in [7, 11) is 1.69. The van der Waals surface area contributed by atoms with Crippen LogP contribution in [0.2, 0.25) is 0 Å². The first-order chi connectivity index (χ1) is 9.04. The fraction of sp³-hybridized carbons (Fsp3) is 0.200. The largest absolute Gasteiger partial charge is 0.309 e. The number of nitrogens with one attached hydrogen (secondary N) is 1. The molecule has 1 atom stereocenters. The number of halogens is 3. The molecule has 0 bridgehead atoms. The molecule has 0 saturated carbocycles. The van der Waals surface area contributed by atoms with E-state index in [9.17, 15) is 8.78 Å². The van der Waals surface area contributed by atoms with Crippen LogP contribution in [0.25, 0.3) is 0 Å². The molecule has 1 N–H and O–H groups in total. The molecule has 0 aliphatic carbocycles. The molecule has 100 valence electrons. The average molecular weight is 326 g/mol. The van der Waals surface area contributed by atoms with Crippen molar-refractivity contribution in [3.63, 3.8) is 0 Å². The standard InChI is InChI=1S/C15H14BrF2N/c1-9-6-7-10(16)8-11(9)15(19-2)14-12(17)4-3-5-13(14)18/h3-8,15,19H,1-2H3. The Morgan fingerprint density at radius 2 is 1.74 bits per heavy atom. The van der Waals surface area contributed by atoms with Crippen molar-refractivity contribution in [2.75, 3.05) is 7.05 Å². The molecule has 1 unspecified atom stereocenters. The Labute approximate surface area is 119 Å². The minimum atomic E-state index is -0.543. The van der Waals surface area contributed by atoms with Gasteiger partial charge in [-0.25, -0.2) is 8.78 Å². The molecule has 0 amide bonds. The van der Waals surface area contributed by atoms with E-state index in [2.05, 4.69) is 21.2 Å². The van der Waals surface area contributed by atoms with Gasteiger partial charge in [-0.3, -0.25) is 0 Å². The molecule has 0 aromatic heterocycles.